The fourth-order valence-electron chi connectivity index (χ4n) is 4.19. The Labute approximate surface area is 115 Å². The summed E-state index contributed by atoms with van der Waals surface area (Å²) >= 11 is 0. The standard InChI is InChI=1S/C13H18N2O5/c1-5(14)9(16)15-13(11(19)20)4-12(2-3-12)7-6(8(7)13)10(17)18/h5-8H,2-4,14H2,1H3,(H,15,16)(H,17,18)(H,19,20)/t5-,6-,7-,8?,13-/m0/s1. The minimum atomic E-state index is -1.46. The summed E-state index contributed by atoms with van der Waals surface area (Å²) in [6.45, 7) is 1.48. The maximum absolute atomic E-state index is 11.8. The Balaban J connectivity index is 1.94. The molecular formula is C13H18N2O5. The van der Waals surface area contributed by atoms with Crippen LogP contribution >= 0.6 is 0 Å². The molecule has 3 saturated carbocycles. The van der Waals surface area contributed by atoms with Gasteiger partial charge in [0.2, 0.25) is 5.91 Å². The smallest absolute Gasteiger partial charge is 0.329 e. The molecule has 110 valence electrons. The van der Waals surface area contributed by atoms with Crippen LogP contribution in [0, 0.1) is 23.2 Å². The molecule has 0 aromatic rings. The SMILES string of the molecule is C[C@H](N)C(=O)N[C@@]1(C(=O)O)CC2(CC2)[C@@H]2C1[C@H]2C(=O)O. The molecule has 7 heteroatoms. The zero-order valence-corrected chi connectivity index (χ0v) is 11.1. The number of carbonyl (C=O) groups is 3. The van der Waals surface area contributed by atoms with Gasteiger partial charge < -0.3 is 21.3 Å². The zero-order chi connectivity index (χ0) is 14.9. The zero-order valence-electron chi connectivity index (χ0n) is 11.1. The highest BCUT2D eigenvalue weighted by molar-refractivity contribution is 5.92. The molecule has 3 aliphatic carbocycles. The van der Waals surface area contributed by atoms with E-state index in [2.05, 4.69) is 5.32 Å². The Morgan fingerprint density at radius 2 is 1.85 bits per heavy atom. The normalized spacial score (nSPS) is 40.8. The van der Waals surface area contributed by atoms with E-state index >= 15 is 0 Å². The van der Waals surface area contributed by atoms with E-state index in [4.69, 9.17) is 5.73 Å². The summed E-state index contributed by atoms with van der Waals surface area (Å²) in [5, 5.41) is 21.4. The molecule has 0 saturated heterocycles. The molecule has 5 N–H and O–H groups in total. The second-order valence-corrected chi connectivity index (χ2v) is 6.51. The summed E-state index contributed by atoms with van der Waals surface area (Å²) in [6, 6.07) is -0.817. The molecule has 0 heterocycles. The third kappa shape index (κ3) is 1.52. The first-order chi connectivity index (χ1) is 9.25. The molecule has 3 aliphatic rings. The molecule has 1 spiro atoms. The Hall–Kier alpha value is -1.63. The fourth-order valence-corrected chi connectivity index (χ4v) is 4.19. The van der Waals surface area contributed by atoms with Gasteiger partial charge in [-0.3, -0.25) is 9.59 Å². The Morgan fingerprint density at radius 3 is 2.25 bits per heavy atom. The van der Waals surface area contributed by atoms with Crippen LogP contribution in [-0.4, -0.2) is 39.6 Å². The van der Waals surface area contributed by atoms with Crippen molar-refractivity contribution in [1.29, 1.82) is 0 Å². The second-order valence-electron chi connectivity index (χ2n) is 6.51. The third-order valence-corrected chi connectivity index (χ3v) is 5.25. The molecule has 3 rings (SSSR count). The van der Waals surface area contributed by atoms with Crippen LogP contribution in [0.1, 0.15) is 26.2 Å². The molecule has 0 radical (unpaired) electrons. The van der Waals surface area contributed by atoms with E-state index in [0.717, 1.165) is 12.8 Å². The highest BCUT2D eigenvalue weighted by Gasteiger charge is 2.82. The van der Waals surface area contributed by atoms with Crippen molar-refractivity contribution in [2.45, 2.75) is 37.8 Å². The van der Waals surface area contributed by atoms with Crippen LogP contribution in [0.5, 0.6) is 0 Å². The van der Waals surface area contributed by atoms with Crippen molar-refractivity contribution in [1.82, 2.24) is 5.32 Å². The van der Waals surface area contributed by atoms with Crippen molar-refractivity contribution < 1.29 is 24.6 Å². The number of carboxylic acids is 2. The minimum Gasteiger partial charge on any atom is -0.481 e. The monoisotopic (exact) mass is 282 g/mol. The minimum absolute atomic E-state index is 0.121. The summed E-state index contributed by atoms with van der Waals surface area (Å²) in [5.41, 5.74) is 3.83. The van der Waals surface area contributed by atoms with Gasteiger partial charge >= 0.3 is 11.9 Å². The molecule has 0 bridgehead atoms. The van der Waals surface area contributed by atoms with E-state index in [1.807, 2.05) is 0 Å². The van der Waals surface area contributed by atoms with Gasteiger partial charge in [-0.25, -0.2) is 4.79 Å². The number of nitrogens with one attached hydrogen (secondary N) is 1. The van der Waals surface area contributed by atoms with Gasteiger partial charge in [0.15, 0.2) is 0 Å². The first-order valence-corrected chi connectivity index (χ1v) is 6.79. The van der Waals surface area contributed by atoms with Crippen molar-refractivity contribution in [2.75, 3.05) is 0 Å². The average Bonchev–Trinajstić information content (AvgIpc) is 3.17. The summed E-state index contributed by atoms with van der Waals surface area (Å²) in [6.07, 6.45) is 2.02. The lowest BCUT2D eigenvalue weighted by molar-refractivity contribution is -0.150. The molecular weight excluding hydrogens is 264 g/mol. The van der Waals surface area contributed by atoms with Crippen LogP contribution < -0.4 is 11.1 Å². The van der Waals surface area contributed by atoms with Crippen LogP contribution in [0.2, 0.25) is 0 Å². The summed E-state index contributed by atoms with van der Waals surface area (Å²) in [4.78, 5) is 34.9. The van der Waals surface area contributed by atoms with Crippen LogP contribution in [-0.2, 0) is 14.4 Å². The number of aliphatic carboxylic acids is 2. The molecule has 1 amide bonds. The van der Waals surface area contributed by atoms with Gasteiger partial charge in [0.1, 0.15) is 5.54 Å². The predicted octanol–water partition coefficient (Wildman–Crippen LogP) is -0.596. The van der Waals surface area contributed by atoms with Gasteiger partial charge in [-0.15, -0.1) is 0 Å². The lowest BCUT2D eigenvalue weighted by Crippen LogP contribution is -2.59. The molecule has 20 heavy (non-hydrogen) atoms. The van der Waals surface area contributed by atoms with Gasteiger partial charge in [-0.1, -0.05) is 0 Å². The predicted molar refractivity (Wildman–Crippen MR) is 66.5 cm³/mol. The number of amides is 1. The van der Waals surface area contributed by atoms with Crippen molar-refractivity contribution in [2.24, 2.45) is 28.9 Å². The third-order valence-electron chi connectivity index (χ3n) is 5.25. The second kappa shape index (κ2) is 3.72. The van der Waals surface area contributed by atoms with Gasteiger partial charge in [0.25, 0.3) is 0 Å². The number of rotatable bonds is 4. The van der Waals surface area contributed by atoms with Gasteiger partial charge in [-0.2, -0.15) is 0 Å². The molecule has 0 aromatic carbocycles. The Kier molecular flexibility index (Phi) is 2.48. The van der Waals surface area contributed by atoms with E-state index in [1.54, 1.807) is 0 Å². The molecule has 3 fully saturated rings. The first kappa shape index (κ1) is 13.4. The van der Waals surface area contributed by atoms with E-state index in [1.165, 1.54) is 6.92 Å². The molecule has 0 aromatic heterocycles. The summed E-state index contributed by atoms with van der Waals surface area (Å²) < 4.78 is 0. The number of carboxylic acid groups (broad SMARTS) is 2. The summed E-state index contributed by atoms with van der Waals surface area (Å²) in [7, 11) is 0. The van der Waals surface area contributed by atoms with Crippen LogP contribution in [0.4, 0.5) is 0 Å². The highest BCUT2D eigenvalue weighted by atomic mass is 16.4. The Bertz CT molecular complexity index is 513. The van der Waals surface area contributed by atoms with Gasteiger partial charge in [0.05, 0.1) is 12.0 Å². The largest absolute Gasteiger partial charge is 0.481 e. The molecule has 7 nitrogen and oxygen atoms in total. The van der Waals surface area contributed by atoms with Gasteiger partial charge in [0, 0.05) is 5.92 Å². The number of nitrogens with two attached hydrogens (primary N) is 1. The number of fused-ring (bicyclic) bond motifs is 2. The number of hydrogen-bond acceptors (Lipinski definition) is 4. The quantitative estimate of drug-likeness (QED) is 0.545. The molecule has 0 aliphatic heterocycles. The van der Waals surface area contributed by atoms with E-state index in [0.29, 0.717) is 6.42 Å². The fraction of sp³-hybridized carbons (Fsp3) is 0.769. The molecule has 5 atom stereocenters. The van der Waals surface area contributed by atoms with Crippen LogP contribution in [0.25, 0.3) is 0 Å². The van der Waals surface area contributed by atoms with E-state index in [9.17, 15) is 24.6 Å². The first-order valence-electron chi connectivity index (χ1n) is 6.79. The number of hydrogen-bond donors (Lipinski definition) is 4. The van der Waals surface area contributed by atoms with Crippen molar-refractivity contribution in [3.8, 4) is 0 Å². The average molecular weight is 282 g/mol. The maximum Gasteiger partial charge on any atom is 0.329 e. The van der Waals surface area contributed by atoms with Crippen molar-refractivity contribution in [3.63, 3.8) is 0 Å². The Morgan fingerprint density at radius 1 is 1.25 bits per heavy atom. The molecule has 1 unspecified atom stereocenters. The lowest BCUT2D eigenvalue weighted by atomic mass is 9.84. The van der Waals surface area contributed by atoms with Gasteiger partial charge in [-0.05, 0) is 37.5 Å². The van der Waals surface area contributed by atoms with Crippen molar-refractivity contribution in [3.05, 3.63) is 0 Å². The topological polar surface area (TPSA) is 130 Å². The van der Waals surface area contributed by atoms with E-state index < -0.39 is 41.3 Å². The van der Waals surface area contributed by atoms with Crippen LogP contribution in [0.15, 0.2) is 0 Å². The lowest BCUT2D eigenvalue weighted by Gasteiger charge is -2.31. The summed E-state index contributed by atoms with van der Waals surface area (Å²) in [5.74, 6) is -3.94. The van der Waals surface area contributed by atoms with E-state index in [-0.39, 0.29) is 11.3 Å². The van der Waals surface area contributed by atoms with Crippen LogP contribution in [0.3, 0.4) is 0 Å². The maximum atomic E-state index is 11.8. The highest BCUT2D eigenvalue weighted by Crippen LogP contribution is 2.78. The van der Waals surface area contributed by atoms with Crippen molar-refractivity contribution >= 4 is 17.8 Å². The number of carbonyl (C=O) groups excluding carboxylic acids is 1.